The summed E-state index contributed by atoms with van der Waals surface area (Å²) in [6.45, 7) is 3.62. The summed E-state index contributed by atoms with van der Waals surface area (Å²) in [4.78, 5) is 8.37. The van der Waals surface area contributed by atoms with Crippen LogP contribution < -0.4 is 4.90 Å². The first-order chi connectivity index (χ1) is 6.79. The Morgan fingerprint density at radius 3 is 2.64 bits per heavy atom. The number of nitrogens with zero attached hydrogens (tertiary/aromatic N) is 4. The molecular weight excluding hydrogens is 184 g/mol. The highest BCUT2D eigenvalue weighted by Gasteiger charge is 2.18. The molecule has 0 aromatic carbocycles. The second-order valence-electron chi connectivity index (χ2n) is 3.44. The summed E-state index contributed by atoms with van der Waals surface area (Å²) in [5.41, 5.74) is 0. The van der Waals surface area contributed by atoms with Gasteiger partial charge in [0, 0.05) is 26.2 Å². The Kier molecular flexibility index (Phi) is 2.64. The zero-order chi connectivity index (χ0) is 9.97. The SMILES string of the molecule is CN1CCN(c2noc(CO)n2)CC1. The first kappa shape index (κ1) is 9.42. The lowest BCUT2D eigenvalue weighted by Crippen LogP contribution is -2.44. The third kappa shape index (κ3) is 1.85. The summed E-state index contributed by atoms with van der Waals surface area (Å²) in [5.74, 6) is 0.862. The van der Waals surface area contributed by atoms with Gasteiger partial charge in [0.05, 0.1) is 0 Å². The first-order valence-corrected chi connectivity index (χ1v) is 4.66. The standard InChI is InChI=1S/C8H14N4O2/c1-11-2-4-12(5-3-11)8-9-7(6-13)14-10-8/h13H,2-6H2,1H3. The normalized spacial score (nSPS) is 18.9. The number of aliphatic hydroxyl groups is 1. The molecule has 2 rings (SSSR count). The summed E-state index contributed by atoms with van der Waals surface area (Å²) in [7, 11) is 2.09. The average molecular weight is 198 g/mol. The Morgan fingerprint density at radius 2 is 2.07 bits per heavy atom. The fourth-order valence-corrected chi connectivity index (χ4v) is 1.44. The number of piperazine rings is 1. The van der Waals surface area contributed by atoms with Crippen LogP contribution in [0.15, 0.2) is 4.52 Å². The zero-order valence-corrected chi connectivity index (χ0v) is 8.18. The van der Waals surface area contributed by atoms with Gasteiger partial charge in [-0.1, -0.05) is 0 Å². The van der Waals surface area contributed by atoms with Crippen LogP contribution >= 0.6 is 0 Å². The number of hydrogen-bond acceptors (Lipinski definition) is 6. The highest BCUT2D eigenvalue weighted by Crippen LogP contribution is 2.11. The van der Waals surface area contributed by atoms with Gasteiger partial charge in [0.25, 0.3) is 11.8 Å². The van der Waals surface area contributed by atoms with E-state index in [4.69, 9.17) is 9.63 Å². The van der Waals surface area contributed by atoms with E-state index in [0.29, 0.717) is 5.95 Å². The Balaban J connectivity index is 2.01. The third-order valence-corrected chi connectivity index (χ3v) is 2.38. The van der Waals surface area contributed by atoms with E-state index in [1.165, 1.54) is 0 Å². The van der Waals surface area contributed by atoms with Crippen molar-refractivity contribution >= 4 is 5.95 Å². The average Bonchev–Trinajstić information content (AvgIpc) is 2.67. The lowest BCUT2D eigenvalue weighted by molar-refractivity contribution is 0.222. The van der Waals surface area contributed by atoms with Crippen molar-refractivity contribution in [2.45, 2.75) is 6.61 Å². The zero-order valence-electron chi connectivity index (χ0n) is 8.18. The minimum atomic E-state index is -0.194. The Hall–Kier alpha value is -1.14. The molecule has 1 fully saturated rings. The predicted molar refractivity (Wildman–Crippen MR) is 49.9 cm³/mol. The van der Waals surface area contributed by atoms with Crippen molar-refractivity contribution in [3.63, 3.8) is 0 Å². The van der Waals surface area contributed by atoms with Crippen LogP contribution in [0.4, 0.5) is 5.95 Å². The van der Waals surface area contributed by atoms with Crippen LogP contribution in [0.5, 0.6) is 0 Å². The molecular formula is C8H14N4O2. The second kappa shape index (κ2) is 3.93. The molecule has 0 amide bonds. The van der Waals surface area contributed by atoms with E-state index in [1.54, 1.807) is 0 Å². The Morgan fingerprint density at radius 1 is 1.36 bits per heavy atom. The number of rotatable bonds is 2. The van der Waals surface area contributed by atoms with Gasteiger partial charge < -0.3 is 19.4 Å². The van der Waals surface area contributed by atoms with Gasteiger partial charge in [0.2, 0.25) is 0 Å². The monoisotopic (exact) mass is 198 g/mol. The number of anilines is 1. The van der Waals surface area contributed by atoms with Crippen LogP contribution in [0.3, 0.4) is 0 Å². The molecule has 0 bridgehead atoms. The highest BCUT2D eigenvalue weighted by atomic mass is 16.5. The molecule has 2 heterocycles. The molecule has 0 aliphatic carbocycles. The topological polar surface area (TPSA) is 65.6 Å². The van der Waals surface area contributed by atoms with E-state index in [2.05, 4.69) is 27.0 Å². The van der Waals surface area contributed by atoms with E-state index in [9.17, 15) is 0 Å². The molecule has 0 radical (unpaired) electrons. The smallest absolute Gasteiger partial charge is 0.266 e. The number of likely N-dealkylation sites (N-methyl/N-ethyl adjacent to an activating group) is 1. The molecule has 1 saturated heterocycles. The van der Waals surface area contributed by atoms with Gasteiger partial charge in [-0.3, -0.25) is 0 Å². The minimum absolute atomic E-state index is 0.194. The predicted octanol–water partition coefficient (Wildman–Crippen LogP) is -0.686. The van der Waals surface area contributed by atoms with Crippen molar-refractivity contribution in [3.8, 4) is 0 Å². The molecule has 1 aromatic heterocycles. The quantitative estimate of drug-likeness (QED) is 0.678. The maximum atomic E-state index is 8.77. The van der Waals surface area contributed by atoms with Gasteiger partial charge in [-0.2, -0.15) is 4.98 Å². The first-order valence-electron chi connectivity index (χ1n) is 4.66. The van der Waals surface area contributed by atoms with Gasteiger partial charge in [-0.25, -0.2) is 0 Å². The van der Waals surface area contributed by atoms with Gasteiger partial charge in [-0.15, -0.1) is 0 Å². The summed E-state index contributed by atoms with van der Waals surface area (Å²) in [6.07, 6.45) is 0. The van der Waals surface area contributed by atoms with Crippen LogP contribution in [-0.2, 0) is 6.61 Å². The molecule has 1 aliphatic heterocycles. The van der Waals surface area contributed by atoms with E-state index < -0.39 is 0 Å². The molecule has 0 spiro atoms. The van der Waals surface area contributed by atoms with Crippen molar-refractivity contribution in [3.05, 3.63) is 5.89 Å². The maximum absolute atomic E-state index is 8.77. The van der Waals surface area contributed by atoms with E-state index >= 15 is 0 Å². The summed E-state index contributed by atoms with van der Waals surface area (Å²) in [5, 5.41) is 12.6. The molecule has 1 aromatic rings. The number of hydrogen-bond donors (Lipinski definition) is 1. The lowest BCUT2D eigenvalue weighted by Gasteiger charge is -2.31. The van der Waals surface area contributed by atoms with Crippen LogP contribution in [0.25, 0.3) is 0 Å². The van der Waals surface area contributed by atoms with E-state index in [1.807, 2.05) is 0 Å². The maximum Gasteiger partial charge on any atom is 0.266 e. The van der Waals surface area contributed by atoms with Crippen molar-refractivity contribution in [2.24, 2.45) is 0 Å². The molecule has 6 heteroatoms. The van der Waals surface area contributed by atoms with Crippen LogP contribution in [0.1, 0.15) is 5.89 Å². The van der Waals surface area contributed by atoms with Gasteiger partial charge in [0.15, 0.2) is 0 Å². The Labute approximate surface area is 82.1 Å². The largest absolute Gasteiger partial charge is 0.387 e. The fraction of sp³-hybridized carbons (Fsp3) is 0.750. The third-order valence-electron chi connectivity index (χ3n) is 2.38. The molecule has 6 nitrogen and oxygen atoms in total. The van der Waals surface area contributed by atoms with Crippen molar-refractivity contribution in [2.75, 3.05) is 38.1 Å². The van der Waals surface area contributed by atoms with Gasteiger partial charge >= 0.3 is 0 Å². The summed E-state index contributed by atoms with van der Waals surface area (Å²) in [6, 6.07) is 0. The van der Waals surface area contributed by atoms with E-state index in [-0.39, 0.29) is 12.5 Å². The minimum Gasteiger partial charge on any atom is -0.387 e. The second-order valence-corrected chi connectivity index (χ2v) is 3.44. The molecule has 14 heavy (non-hydrogen) atoms. The van der Waals surface area contributed by atoms with Crippen LogP contribution in [0, 0.1) is 0 Å². The lowest BCUT2D eigenvalue weighted by atomic mass is 10.3. The molecule has 0 atom stereocenters. The molecule has 0 saturated carbocycles. The van der Waals surface area contributed by atoms with Gasteiger partial charge in [0.1, 0.15) is 6.61 Å². The molecule has 1 aliphatic rings. The van der Waals surface area contributed by atoms with Crippen molar-refractivity contribution in [1.29, 1.82) is 0 Å². The molecule has 1 N–H and O–H groups in total. The highest BCUT2D eigenvalue weighted by molar-refractivity contribution is 5.28. The number of aliphatic hydroxyl groups excluding tert-OH is 1. The van der Waals surface area contributed by atoms with Crippen LogP contribution in [0.2, 0.25) is 0 Å². The van der Waals surface area contributed by atoms with Gasteiger partial charge in [-0.05, 0) is 12.2 Å². The Bertz CT molecular complexity index is 293. The fourth-order valence-electron chi connectivity index (χ4n) is 1.44. The van der Waals surface area contributed by atoms with Crippen molar-refractivity contribution in [1.82, 2.24) is 15.0 Å². The summed E-state index contributed by atoms with van der Waals surface area (Å²) >= 11 is 0. The van der Waals surface area contributed by atoms with Crippen LogP contribution in [-0.4, -0.2) is 53.4 Å². The number of aromatic nitrogens is 2. The molecule has 0 unspecified atom stereocenters. The molecule has 78 valence electrons. The summed E-state index contributed by atoms with van der Waals surface area (Å²) < 4.78 is 4.83. The van der Waals surface area contributed by atoms with Crippen molar-refractivity contribution < 1.29 is 9.63 Å². The van der Waals surface area contributed by atoms with E-state index in [0.717, 1.165) is 26.2 Å².